The summed E-state index contributed by atoms with van der Waals surface area (Å²) in [6.07, 6.45) is -10.2. The van der Waals surface area contributed by atoms with Gasteiger partial charge in [-0.2, -0.15) is 13.2 Å². The fourth-order valence-corrected chi connectivity index (χ4v) is 0.851. The minimum Gasteiger partial charge on any atom is -0.547 e. The van der Waals surface area contributed by atoms with E-state index in [9.17, 15) is 27.9 Å². The molecule has 0 aromatic rings. The number of amides is 1. The Morgan fingerprint density at radius 1 is 1.35 bits per heavy atom. The molecule has 1 amide bonds. The van der Waals surface area contributed by atoms with Gasteiger partial charge in [-0.1, -0.05) is 0 Å². The molecule has 2 atom stereocenters. The number of hydrogen-bond acceptors (Lipinski definition) is 5. The number of aliphatic hydroxyl groups is 1. The van der Waals surface area contributed by atoms with Gasteiger partial charge in [0.15, 0.2) is 6.04 Å². The van der Waals surface area contributed by atoms with Crippen LogP contribution in [0, 0.1) is 0 Å². The van der Waals surface area contributed by atoms with E-state index in [1.807, 2.05) is 0 Å². The number of alkyl carbamates (subject to hydrolysis) is 1. The van der Waals surface area contributed by atoms with E-state index >= 15 is 0 Å². The van der Waals surface area contributed by atoms with Crippen LogP contribution in [0.2, 0.25) is 0 Å². The Bertz CT molecular complexity index is 291. The average Bonchev–Trinajstić information content (AvgIpc) is 2.09. The predicted octanol–water partition coefficient (Wildman–Crippen LogP) is -0.837. The van der Waals surface area contributed by atoms with Gasteiger partial charge in [0.05, 0.1) is 12.1 Å². The number of aliphatic hydroxyl groups excluding tert-OH is 1. The van der Waals surface area contributed by atoms with Crippen molar-refractivity contribution in [2.75, 3.05) is 0 Å². The van der Waals surface area contributed by atoms with E-state index in [0.717, 1.165) is 0 Å². The Hall–Kier alpha value is -1.51. The number of hydrogen-bond donors (Lipinski definition) is 2. The van der Waals surface area contributed by atoms with Crippen LogP contribution in [0.15, 0.2) is 0 Å². The Kier molecular flexibility index (Phi) is 5.20. The molecule has 0 radical (unpaired) electrons. The van der Waals surface area contributed by atoms with E-state index in [-0.39, 0.29) is 0 Å². The molecule has 0 saturated heterocycles. The molecule has 0 spiro atoms. The van der Waals surface area contributed by atoms with Crippen molar-refractivity contribution < 1.29 is 37.7 Å². The van der Waals surface area contributed by atoms with Crippen molar-refractivity contribution in [3.63, 3.8) is 0 Å². The lowest BCUT2D eigenvalue weighted by molar-refractivity contribution is -0.320. The number of halogens is 3. The third-order valence-electron chi connectivity index (χ3n) is 1.53. The standard InChI is InChI=1S/C8H12F3NO5/c1-3(2)17-7(16)12-5(8(9,10)11)4(13)6(14)15/h3-5,13H,1-2H3,(H,12,16)(H,14,15)/p-1/t4-,5-/m1/s1. The summed E-state index contributed by atoms with van der Waals surface area (Å²) >= 11 is 0. The second-order valence-electron chi connectivity index (χ2n) is 3.38. The van der Waals surface area contributed by atoms with Crippen molar-refractivity contribution >= 4 is 12.1 Å². The predicted molar refractivity (Wildman–Crippen MR) is 45.6 cm³/mol. The summed E-state index contributed by atoms with van der Waals surface area (Å²) in [5, 5.41) is 20.1. The Morgan fingerprint density at radius 3 is 2.12 bits per heavy atom. The monoisotopic (exact) mass is 258 g/mol. The van der Waals surface area contributed by atoms with Gasteiger partial charge in [0.25, 0.3) is 0 Å². The van der Waals surface area contributed by atoms with Crippen LogP contribution in [0.4, 0.5) is 18.0 Å². The largest absolute Gasteiger partial charge is 0.547 e. The molecule has 0 rings (SSSR count). The van der Waals surface area contributed by atoms with Gasteiger partial charge in [-0.25, -0.2) is 4.79 Å². The number of ether oxygens (including phenoxy) is 1. The van der Waals surface area contributed by atoms with Crippen LogP contribution < -0.4 is 10.4 Å². The van der Waals surface area contributed by atoms with Crippen LogP contribution in [-0.4, -0.2) is 41.6 Å². The number of aliphatic carboxylic acids is 1. The van der Waals surface area contributed by atoms with Crippen molar-refractivity contribution in [1.29, 1.82) is 0 Å². The molecule has 9 heteroatoms. The second kappa shape index (κ2) is 5.71. The summed E-state index contributed by atoms with van der Waals surface area (Å²) in [7, 11) is 0. The number of carboxylic acid groups (broad SMARTS) is 1. The molecular weight excluding hydrogens is 247 g/mol. The number of alkyl halides is 3. The summed E-state index contributed by atoms with van der Waals surface area (Å²) in [5.41, 5.74) is 0. The van der Waals surface area contributed by atoms with Crippen LogP contribution in [0.5, 0.6) is 0 Å². The zero-order valence-corrected chi connectivity index (χ0v) is 8.95. The minimum atomic E-state index is -5.14. The van der Waals surface area contributed by atoms with E-state index in [1.54, 1.807) is 0 Å². The maximum absolute atomic E-state index is 12.3. The van der Waals surface area contributed by atoms with Crippen LogP contribution >= 0.6 is 0 Å². The van der Waals surface area contributed by atoms with Gasteiger partial charge in [-0.15, -0.1) is 0 Å². The Labute approximate surface area is 94.4 Å². The molecule has 17 heavy (non-hydrogen) atoms. The molecule has 0 aliphatic heterocycles. The number of nitrogens with one attached hydrogen (secondary N) is 1. The highest BCUT2D eigenvalue weighted by Crippen LogP contribution is 2.22. The van der Waals surface area contributed by atoms with Crippen molar-refractivity contribution in [2.24, 2.45) is 0 Å². The first-order valence-electron chi connectivity index (χ1n) is 4.48. The van der Waals surface area contributed by atoms with Gasteiger partial charge >= 0.3 is 12.3 Å². The molecular formula is C8H11F3NO5-. The maximum atomic E-state index is 12.3. The molecule has 0 bridgehead atoms. The lowest BCUT2D eigenvalue weighted by Crippen LogP contribution is -2.58. The van der Waals surface area contributed by atoms with E-state index < -0.39 is 36.5 Å². The fourth-order valence-electron chi connectivity index (χ4n) is 0.851. The zero-order valence-electron chi connectivity index (χ0n) is 8.95. The highest BCUT2D eigenvalue weighted by molar-refractivity contribution is 5.73. The third kappa shape index (κ3) is 5.38. The first-order chi connectivity index (χ1) is 7.55. The lowest BCUT2D eigenvalue weighted by Gasteiger charge is -2.26. The van der Waals surface area contributed by atoms with Crippen molar-refractivity contribution in [3.8, 4) is 0 Å². The minimum absolute atomic E-state index is 0.691. The van der Waals surface area contributed by atoms with Crippen molar-refractivity contribution in [3.05, 3.63) is 0 Å². The third-order valence-corrected chi connectivity index (χ3v) is 1.53. The Morgan fingerprint density at radius 2 is 1.82 bits per heavy atom. The normalized spacial score (nSPS) is 15.2. The quantitative estimate of drug-likeness (QED) is 0.685. The van der Waals surface area contributed by atoms with E-state index in [2.05, 4.69) is 4.74 Å². The summed E-state index contributed by atoms with van der Waals surface area (Å²) < 4.78 is 41.3. The first-order valence-corrected chi connectivity index (χ1v) is 4.48. The highest BCUT2D eigenvalue weighted by atomic mass is 19.4. The maximum Gasteiger partial charge on any atom is 0.411 e. The van der Waals surface area contributed by atoms with Crippen molar-refractivity contribution in [2.45, 2.75) is 38.3 Å². The molecule has 0 aliphatic rings. The summed E-state index contributed by atoms with van der Waals surface area (Å²) in [4.78, 5) is 21.0. The molecule has 0 fully saturated rings. The molecule has 0 aliphatic carbocycles. The summed E-state index contributed by atoms with van der Waals surface area (Å²) in [5.74, 6) is -2.35. The summed E-state index contributed by atoms with van der Waals surface area (Å²) in [6.45, 7) is 2.77. The number of rotatable bonds is 4. The number of carbonyl (C=O) groups excluding carboxylic acids is 2. The fraction of sp³-hybridized carbons (Fsp3) is 0.750. The molecule has 6 nitrogen and oxygen atoms in total. The highest BCUT2D eigenvalue weighted by Gasteiger charge is 2.46. The van der Waals surface area contributed by atoms with Gasteiger partial charge in [-0.05, 0) is 13.8 Å². The first kappa shape index (κ1) is 15.5. The molecule has 0 heterocycles. The lowest BCUT2D eigenvalue weighted by atomic mass is 10.1. The molecule has 0 aromatic heterocycles. The van der Waals surface area contributed by atoms with Crippen molar-refractivity contribution in [1.82, 2.24) is 5.32 Å². The van der Waals surface area contributed by atoms with Crippen LogP contribution in [-0.2, 0) is 9.53 Å². The van der Waals surface area contributed by atoms with E-state index in [4.69, 9.17) is 5.11 Å². The summed E-state index contributed by atoms with van der Waals surface area (Å²) in [6, 6.07) is -2.99. The van der Waals surface area contributed by atoms with Gasteiger partial charge < -0.3 is 25.1 Å². The van der Waals surface area contributed by atoms with Gasteiger partial charge in [0, 0.05) is 0 Å². The Balaban J connectivity index is 4.73. The SMILES string of the molecule is CC(C)OC(=O)N[C@H]([C@@H](O)C(=O)[O-])C(F)(F)F. The molecule has 100 valence electrons. The molecule has 0 aromatic carbocycles. The van der Waals surface area contributed by atoms with E-state index in [0.29, 0.717) is 0 Å². The van der Waals surface area contributed by atoms with Crippen LogP contribution in [0.25, 0.3) is 0 Å². The molecule has 0 unspecified atom stereocenters. The topological polar surface area (TPSA) is 98.7 Å². The average molecular weight is 258 g/mol. The van der Waals surface area contributed by atoms with Gasteiger partial charge in [0.1, 0.15) is 6.10 Å². The van der Waals surface area contributed by atoms with Crippen LogP contribution in [0.1, 0.15) is 13.8 Å². The molecule has 0 saturated carbocycles. The second-order valence-corrected chi connectivity index (χ2v) is 3.38. The van der Waals surface area contributed by atoms with Gasteiger partial charge in [0.2, 0.25) is 0 Å². The molecule has 2 N–H and O–H groups in total. The van der Waals surface area contributed by atoms with Gasteiger partial charge in [-0.3, -0.25) is 0 Å². The zero-order chi connectivity index (χ0) is 13.8. The van der Waals surface area contributed by atoms with Crippen LogP contribution in [0.3, 0.4) is 0 Å². The number of carboxylic acids is 1. The van der Waals surface area contributed by atoms with E-state index in [1.165, 1.54) is 19.2 Å². The smallest absolute Gasteiger partial charge is 0.411 e. The number of carbonyl (C=O) groups is 2.